The van der Waals surface area contributed by atoms with Crippen LogP contribution in [0.15, 0.2) is 60.8 Å². The van der Waals surface area contributed by atoms with Crippen molar-refractivity contribution in [3.8, 4) is 0 Å². The maximum absolute atomic E-state index is 12.2. The van der Waals surface area contributed by atoms with Gasteiger partial charge in [-0.25, -0.2) is 4.84 Å². The number of carbonyl (C=O) groups is 1. The van der Waals surface area contributed by atoms with Crippen LogP contribution in [-0.4, -0.2) is 17.0 Å². The van der Waals surface area contributed by atoms with E-state index in [9.17, 15) is 4.79 Å². The quantitative estimate of drug-likeness (QED) is 0.537. The van der Waals surface area contributed by atoms with Crippen LogP contribution in [-0.2, 0) is 22.6 Å². The Labute approximate surface area is 139 Å². The monoisotopic (exact) mass is 328 g/mol. The van der Waals surface area contributed by atoms with Gasteiger partial charge in [-0.15, -0.1) is 0 Å². The van der Waals surface area contributed by atoms with Gasteiger partial charge in [-0.05, 0) is 29.0 Å². The topological polar surface area (TPSA) is 54.1 Å². The fraction of sp³-hybridized carbons (Fsp3) is 0.167. The summed E-state index contributed by atoms with van der Waals surface area (Å²) in [7, 11) is 0. The normalized spacial score (nSPS) is 12.2. The van der Waals surface area contributed by atoms with Crippen LogP contribution in [0, 0.1) is 0 Å². The average Bonchev–Trinajstić information content (AvgIpc) is 3.01. The van der Waals surface area contributed by atoms with E-state index in [4.69, 9.17) is 16.5 Å². The Kier molecular flexibility index (Phi) is 4.95. The number of para-hydroxylation sites is 1. The van der Waals surface area contributed by atoms with Gasteiger partial charge >= 0.3 is 5.97 Å². The highest BCUT2D eigenvalue weighted by Crippen LogP contribution is 2.19. The number of ether oxygens (including phenoxy) is 1. The standard InChI is InChI=1S/C18H17ClN2O2/c19-21-17(18(22)23-12-13-6-2-1-3-7-13)10-14-11-20-16-9-5-4-8-15(14)16/h1-9,11,17,20-21H,10,12H2/t17-/m0/s1. The minimum Gasteiger partial charge on any atom is -0.460 e. The van der Waals surface area contributed by atoms with E-state index in [1.165, 1.54) is 0 Å². The Morgan fingerprint density at radius 1 is 1.13 bits per heavy atom. The van der Waals surface area contributed by atoms with Crippen LogP contribution in [0.5, 0.6) is 0 Å². The Morgan fingerprint density at radius 3 is 2.65 bits per heavy atom. The lowest BCUT2D eigenvalue weighted by atomic mass is 10.1. The summed E-state index contributed by atoms with van der Waals surface area (Å²) in [4.78, 5) is 17.9. The molecule has 0 amide bonds. The molecule has 1 atom stereocenters. The van der Waals surface area contributed by atoms with Crippen molar-refractivity contribution in [2.75, 3.05) is 0 Å². The highest BCUT2D eigenvalue weighted by atomic mass is 35.5. The fourth-order valence-corrected chi connectivity index (χ4v) is 2.68. The highest BCUT2D eigenvalue weighted by Gasteiger charge is 2.21. The molecule has 3 aromatic rings. The van der Waals surface area contributed by atoms with Gasteiger partial charge in [-0.1, -0.05) is 48.5 Å². The number of hydrogen-bond donors (Lipinski definition) is 2. The van der Waals surface area contributed by atoms with Gasteiger partial charge in [0.25, 0.3) is 0 Å². The SMILES string of the molecule is O=C(OCc1ccccc1)[C@H](Cc1c[nH]c2ccccc12)NCl. The van der Waals surface area contributed by atoms with Crippen molar-refractivity contribution in [1.82, 2.24) is 9.82 Å². The molecule has 0 unspecified atom stereocenters. The zero-order valence-electron chi connectivity index (χ0n) is 12.5. The van der Waals surface area contributed by atoms with E-state index in [2.05, 4.69) is 9.82 Å². The maximum atomic E-state index is 12.2. The zero-order valence-corrected chi connectivity index (χ0v) is 13.2. The van der Waals surface area contributed by atoms with Crippen molar-refractivity contribution in [3.05, 3.63) is 71.9 Å². The molecule has 0 aliphatic carbocycles. The van der Waals surface area contributed by atoms with Crippen molar-refractivity contribution in [1.29, 1.82) is 0 Å². The highest BCUT2D eigenvalue weighted by molar-refractivity contribution is 6.14. The number of aromatic amines is 1. The van der Waals surface area contributed by atoms with Crippen LogP contribution >= 0.6 is 11.8 Å². The second-order valence-electron chi connectivity index (χ2n) is 5.32. The molecule has 0 fully saturated rings. The largest absolute Gasteiger partial charge is 0.460 e. The summed E-state index contributed by atoms with van der Waals surface area (Å²) in [6.07, 6.45) is 2.36. The number of esters is 1. The van der Waals surface area contributed by atoms with Gasteiger partial charge in [0, 0.05) is 23.5 Å². The van der Waals surface area contributed by atoms with Gasteiger partial charge in [-0.2, -0.15) is 0 Å². The third-order valence-electron chi connectivity index (χ3n) is 3.74. The number of H-pyrrole nitrogens is 1. The van der Waals surface area contributed by atoms with E-state index >= 15 is 0 Å². The molecule has 5 heteroatoms. The predicted molar refractivity (Wildman–Crippen MR) is 91.0 cm³/mol. The van der Waals surface area contributed by atoms with Crippen LogP contribution in [0.25, 0.3) is 10.9 Å². The van der Waals surface area contributed by atoms with Gasteiger partial charge in [0.05, 0.1) is 0 Å². The molecular formula is C18H17ClN2O2. The van der Waals surface area contributed by atoms with Crippen LogP contribution < -0.4 is 4.84 Å². The lowest BCUT2D eigenvalue weighted by Crippen LogP contribution is -2.34. The number of carbonyl (C=O) groups excluding carboxylic acids is 1. The fourth-order valence-electron chi connectivity index (χ4n) is 2.52. The first kappa shape index (κ1) is 15.6. The molecule has 0 bridgehead atoms. The van der Waals surface area contributed by atoms with E-state index < -0.39 is 6.04 Å². The van der Waals surface area contributed by atoms with Crippen molar-refractivity contribution < 1.29 is 9.53 Å². The number of halogens is 1. The van der Waals surface area contributed by atoms with E-state index in [0.29, 0.717) is 6.42 Å². The van der Waals surface area contributed by atoms with Crippen LogP contribution in [0.3, 0.4) is 0 Å². The van der Waals surface area contributed by atoms with E-state index in [1.807, 2.05) is 60.8 Å². The third-order valence-corrected chi connectivity index (χ3v) is 4.00. The first-order valence-electron chi connectivity index (χ1n) is 7.39. The van der Waals surface area contributed by atoms with Gasteiger partial charge in [0.1, 0.15) is 12.6 Å². The molecule has 0 aliphatic rings. The lowest BCUT2D eigenvalue weighted by Gasteiger charge is -2.13. The van der Waals surface area contributed by atoms with Gasteiger partial charge in [0.15, 0.2) is 0 Å². The van der Waals surface area contributed by atoms with Crippen LogP contribution in [0.1, 0.15) is 11.1 Å². The molecule has 0 aliphatic heterocycles. The predicted octanol–water partition coefficient (Wildman–Crippen LogP) is 3.57. The molecule has 23 heavy (non-hydrogen) atoms. The van der Waals surface area contributed by atoms with E-state index in [1.54, 1.807) is 0 Å². The second-order valence-corrected chi connectivity index (χ2v) is 5.54. The summed E-state index contributed by atoms with van der Waals surface area (Å²) >= 11 is 5.75. The summed E-state index contributed by atoms with van der Waals surface area (Å²) in [5, 5.41) is 1.08. The van der Waals surface area contributed by atoms with Crippen molar-refractivity contribution in [2.45, 2.75) is 19.1 Å². The first-order chi connectivity index (χ1) is 11.3. The molecule has 0 radical (unpaired) electrons. The molecular weight excluding hydrogens is 312 g/mol. The first-order valence-corrected chi connectivity index (χ1v) is 7.77. The molecule has 2 aromatic carbocycles. The molecule has 0 saturated carbocycles. The van der Waals surface area contributed by atoms with Crippen LogP contribution in [0.4, 0.5) is 0 Å². The average molecular weight is 329 g/mol. The molecule has 1 heterocycles. The molecule has 118 valence electrons. The summed E-state index contributed by atoms with van der Waals surface area (Å²) in [6, 6.07) is 16.9. The molecule has 0 saturated heterocycles. The minimum atomic E-state index is -0.598. The Balaban J connectivity index is 1.66. The summed E-state index contributed by atoms with van der Waals surface area (Å²) in [6.45, 7) is 0.239. The van der Waals surface area contributed by atoms with Gasteiger partial charge in [0.2, 0.25) is 0 Å². The summed E-state index contributed by atoms with van der Waals surface area (Å²) in [5.74, 6) is -0.367. The van der Waals surface area contributed by atoms with Crippen molar-refractivity contribution in [3.63, 3.8) is 0 Å². The Morgan fingerprint density at radius 2 is 1.87 bits per heavy atom. The molecule has 2 N–H and O–H groups in total. The Hall–Kier alpha value is -2.30. The van der Waals surface area contributed by atoms with Crippen molar-refractivity contribution >= 4 is 28.6 Å². The molecule has 0 spiro atoms. The van der Waals surface area contributed by atoms with E-state index in [0.717, 1.165) is 22.0 Å². The number of aromatic nitrogens is 1. The second kappa shape index (κ2) is 7.31. The van der Waals surface area contributed by atoms with Crippen molar-refractivity contribution in [2.24, 2.45) is 0 Å². The number of nitrogens with one attached hydrogen (secondary N) is 2. The molecule has 3 rings (SSSR count). The summed E-state index contributed by atoms with van der Waals surface area (Å²) < 4.78 is 5.35. The van der Waals surface area contributed by atoms with E-state index in [-0.39, 0.29) is 12.6 Å². The lowest BCUT2D eigenvalue weighted by molar-refractivity contribution is -0.146. The maximum Gasteiger partial charge on any atom is 0.325 e. The Bertz CT molecular complexity index is 786. The smallest absolute Gasteiger partial charge is 0.325 e. The summed E-state index contributed by atoms with van der Waals surface area (Å²) in [5.41, 5.74) is 3.00. The minimum absolute atomic E-state index is 0.239. The number of benzene rings is 2. The van der Waals surface area contributed by atoms with Gasteiger partial charge in [-0.3, -0.25) is 4.79 Å². The molecule has 4 nitrogen and oxygen atoms in total. The van der Waals surface area contributed by atoms with Gasteiger partial charge < -0.3 is 9.72 Å². The van der Waals surface area contributed by atoms with Crippen LogP contribution in [0.2, 0.25) is 0 Å². The number of fused-ring (bicyclic) bond motifs is 1. The third kappa shape index (κ3) is 3.73. The molecule has 1 aromatic heterocycles. The zero-order chi connectivity index (χ0) is 16.1. The number of rotatable bonds is 6. The number of hydrogen-bond acceptors (Lipinski definition) is 3.